The molecule has 0 saturated carbocycles. The second-order valence-electron chi connectivity index (χ2n) is 4.48. The summed E-state index contributed by atoms with van der Waals surface area (Å²) in [7, 11) is 0.129. The summed E-state index contributed by atoms with van der Waals surface area (Å²) in [5.74, 6) is 3.06. The van der Waals surface area contributed by atoms with Gasteiger partial charge in [-0.3, -0.25) is 4.79 Å². The lowest BCUT2D eigenvalue weighted by Crippen LogP contribution is -2.29. The van der Waals surface area contributed by atoms with E-state index in [9.17, 15) is 4.79 Å². The van der Waals surface area contributed by atoms with Gasteiger partial charge in [-0.1, -0.05) is 32.8 Å². The summed E-state index contributed by atoms with van der Waals surface area (Å²) in [6.45, 7) is 6.77. The molecule has 0 aliphatic carbocycles. The zero-order valence-electron chi connectivity index (χ0n) is 12.2. The van der Waals surface area contributed by atoms with Gasteiger partial charge in [0, 0.05) is 6.42 Å². The van der Waals surface area contributed by atoms with Crippen LogP contribution in [0.15, 0.2) is 12.2 Å². The second kappa shape index (κ2) is 9.96. The Morgan fingerprint density at radius 3 is 2.33 bits per heavy atom. The number of unbranched alkanes of at least 4 members (excludes halogenated alkanes) is 1. The van der Waals surface area contributed by atoms with Crippen molar-refractivity contribution in [2.75, 3.05) is 7.11 Å². The van der Waals surface area contributed by atoms with Crippen molar-refractivity contribution >= 4 is 14.0 Å². The fourth-order valence-corrected chi connectivity index (χ4v) is 4.24. The molecule has 102 valence electrons. The van der Waals surface area contributed by atoms with Crippen LogP contribution in [-0.4, -0.2) is 21.2 Å². The fraction of sp³-hybridized carbons (Fsp3) is 0.667. The number of carbonyl (C=O) groups excluding carboxylic acids is 1. The third kappa shape index (κ3) is 6.66. The Labute approximate surface area is 113 Å². The van der Waals surface area contributed by atoms with Gasteiger partial charge in [0.1, 0.15) is 8.07 Å². The van der Waals surface area contributed by atoms with Crippen molar-refractivity contribution in [3.63, 3.8) is 0 Å². The fourth-order valence-electron chi connectivity index (χ4n) is 1.82. The van der Waals surface area contributed by atoms with Crippen LogP contribution in [-0.2, 0) is 9.53 Å². The average molecular weight is 266 g/mol. The molecule has 2 nitrogen and oxygen atoms in total. The number of ether oxygens (including phenoxy) is 1. The Morgan fingerprint density at radius 1 is 1.22 bits per heavy atom. The van der Waals surface area contributed by atoms with Crippen molar-refractivity contribution in [3.05, 3.63) is 12.2 Å². The van der Waals surface area contributed by atoms with Gasteiger partial charge in [-0.25, -0.2) is 0 Å². The number of hydrogen-bond acceptors (Lipinski definition) is 2. The third-order valence-corrected chi connectivity index (χ3v) is 8.28. The highest BCUT2D eigenvalue weighted by molar-refractivity contribution is 6.87. The van der Waals surface area contributed by atoms with Crippen molar-refractivity contribution < 1.29 is 9.53 Å². The van der Waals surface area contributed by atoms with Crippen molar-refractivity contribution in [1.82, 2.24) is 0 Å². The Morgan fingerprint density at radius 2 is 1.83 bits per heavy atom. The number of esters is 1. The summed E-state index contributed by atoms with van der Waals surface area (Å²) in [5.41, 5.74) is 3.50. The SMILES string of the molecule is CC[Si](C#C/C=C/CCCC(=O)OC)(CC)CC. The third-order valence-electron chi connectivity index (χ3n) is 3.55. The first-order chi connectivity index (χ1) is 8.64. The van der Waals surface area contributed by atoms with E-state index < -0.39 is 8.07 Å². The maximum absolute atomic E-state index is 10.9. The molecule has 0 spiro atoms. The van der Waals surface area contributed by atoms with E-state index in [1.54, 1.807) is 0 Å². The van der Waals surface area contributed by atoms with E-state index in [1.807, 2.05) is 6.08 Å². The van der Waals surface area contributed by atoms with Gasteiger partial charge in [-0.15, -0.1) is 5.54 Å². The monoisotopic (exact) mass is 266 g/mol. The zero-order valence-corrected chi connectivity index (χ0v) is 13.2. The minimum atomic E-state index is -1.30. The number of carbonyl (C=O) groups is 1. The highest BCUT2D eigenvalue weighted by Crippen LogP contribution is 2.18. The molecule has 0 aliphatic heterocycles. The highest BCUT2D eigenvalue weighted by Gasteiger charge is 2.23. The zero-order chi connectivity index (χ0) is 13.9. The number of methoxy groups -OCH3 is 1. The molecule has 0 aromatic carbocycles. The predicted octanol–water partition coefficient (Wildman–Crippen LogP) is 3.94. The normalized spacial score (nSPS) is 11.1. The standard InChI is InChI=1S/C15H26O2Si/c1-5-18(6-2,7-3)14-12-10-8-9-11-13-15(16)17-4/h8,10H,5-7,9,11,13H2,1-4H3/b10-8+. The van der Waals surface area contributed by atoms with Crippen LogP contribution >= 0.6 is 0 Å². The first kappa shape index (κ1) is 17.0. The molecule has 3 heteroatoms. The van der Waals surface area contributed by atoms with E-state index in [2.05, 4.69) is 43.0 Å². The topological polar surface area (TPSA) is 26.3 Å². The summed E-state index contributed by atoms with van der Waals surface area (Å²) in [4.78, 5) is 10.9. The minimum absolute atomic E-state index is 0.135. The quantitative estimate of drug-likeness (QED) is 0.302. The van der Waals surface area contributed by atoms with Crippen molar-refractivity contribution in [3.8, 4) is 11.5 Å². The van der Waals surface area contributed by atoms with Gasteiger partial charge in [-0.2, -0.15) is 0 Å². The van der Waals surface area contributed by atoms with Crippen LogP contribution in [0.2, 0.25) is 18.1 Å². The lowest BCUT2D eigenvalue weighted by atomic mass is 10.2. The minimum Gasteiger partial charge on any atom is -0.469 e. The van der Waals surface area contributed by atoms with Gasteiger partial charge >= 0.3 is 5.97 Å². The van der Waals surface area contributed by atoms with E-state index in [0.29, 0.717) is 6.42 Å². The molecular formula is C15H26O2Si. The van der Waals surface area contributed by atoms with Crippen LogP contribution < -0.4 is 0 Å². The molecule has 0 heterocycles. The van der Waals surface area contributed by atoms with Crippen LogP contribution in [0.1, 0.15) is 40.0 Å². The smallest absolute Gasteiger partial charge is 0.305 e. The van der Waals surface area contributed by atoms with Crippen molar-refractivity contribution in [2.24, 2.45) is 0 Å². The average Bonchev–Trinajstić information content (AvgIpc) is 2.42. The number of hydrogen-bond donors (Lipinski definition) is 0. The molecule has 0 rings (SSSR count). The molecule has 0 amide bonds. The van der Waals surface area contributed by atoms with E-state index in [0.717, 1.165) is 12.8 Å². The Kier molecular flexibility index (Phi) is 9.40. The lowest BCUT2D eigenvalue weighted by Gasteiger charge is -2.19. The van der Waals surface area contributed by atoms with Crippen LogP contribution in [0, 0.1) is 11.5 Å². The highest BCUT2D eigenvalue weighted by atomic mass is 28.3. The van der Waals surface area contributed by atoms with Gasteiger partial charge in [0.2, 0.25) is 0 Å². The molecule has 0 saturated heterocycles. The first-order valence-electron chi connectivity index (χ1n) is 6.88. The van der Waals surface area contributed by atoms with Gasteiger partial charge in [0.15, 0.2) is 0 Å². The molecule has 0 radical (unpaired) electrons. The van der Waals surface area contributed by atoms with Crippen LogP contribution in [0.25, 0.3) is 0 Å². The molecule has 18 heavy (non-hydrogen) atoms. The number of rotatable bonds is 7. The van der Waals surface area contributed by atoms with Crippen LogP contribution in [0.3, 0.4) is 0 Å². The van der Waals surface area contributed by atoms with Gasteiger partial charge in [0.05, 0.1) is 7.11 Å². The molecule has 0 atom stereocenters. The predicted molar refractivity (Wildman–Crippen MR) is 80.0 cm³/mol. The maximum atomic E-state index is 10.9. The molecule has 0 fully saturated rings. The Bertz CT molecular complexity index is 311. The van der Waals surface area contributed by atoms with Crippen LogP contribution in [0.4, 0.5) is 0 Å². The summed E-state index contributed by atoms with van der Waals surface area (Å²) >= 11 is 0. The van der Waals surface area contributed by atoms with Gasteiger partial charge in [-0.05, 0) is 37.0 Å². The molecule has 0 N–H and O–H groups in total. The first-order valence-corrected chi connectivity index (χ1v) is 9.50. The molecule has 0 aromatic heterocycles. The van der Waals surface area contributed by atoms with Crippen molar-refractivity contribution in [1.29, 1.82) is 0 Å². The van der Waals surface area contributed by atoms with Crippen molar-refractivity contribution in [2.45, 2.75) is 58.2 Å². The molecule has 0 unspecified atom stereocenters. The summed E-state index contributed by atoms with van der Waals surface area (Å²) in [5, 5.41) is 0. The van der Waals surface area contributed by atoms with E-state index >= 15 is 0 Å². The molecule has 0 aromatic rings. The Hall–Kier alpha value is -1.01. The van der Waals surface area contributed by atoms with Crippen LogP contribution in [0.5, 0.6) is 0 Å². The second-order valence-corrected chi connectivity index (χ2v) is 9.41. The largest absolute Gasteiger partial charge is 0.469 e. The lowest BCUT2D eigenvalue weighted by molar-refractivity contribution is -0.140. The van der Waals surface area contributed by atoms with E-state index in [1.165, 1.54) is 25.2 Å². The molecule has 0 aliphatic rings. The molecule has 0 bridgehead atoms. The summed E-state index contributed by atoms with van der Waals surface area (Å²) in [6, 6.07) is 3.72. The maximum Gasteiger partial charge on any atom is 0.305 e. The van der Waals surface area contributed by atoms with Gasteiger partial charge in [0.25, 0.3) is 0 Å². The van der Waals surface area contributed by atoms with Gasteiger partial charge < -0.3 is 4.74 Å². The Balaban J connectivity index is 4.05. The summed E-state index contributed by atoms with van der Waals surface area (Å²) in [6.07, 6.45) is 6.22. The van der Waals surface area contributed by atoms with E-state index in [-0.39, 0.29) is 5.97 Å². The molecular weight excluding hydrogens is 240 g/mol. The number of allylic oxidation sites excluding steroid dienone is 2. The van der Waals surface area contributed by atoms with E-state index in [4.69, 9.17) is 0 Å². The summed E-state index contributed by atoms with van der Waals surface area (Å²) < 4.78 is 4.58.